The summed E-state index contributed by atoms with van der Waals surface area (Å²) in [5.41, 5.74) is 0.548. The first-order chi connectivity index (χ1) is 9.99. The molecule has 1 unspecified atom stereocenters. The molecular formula is C16H27NO3S. The highest BCUT2D eigenvalue weighted by Crippen LogP contribution is 2.20. The second-order valence-corrected chi connectivity index (χ2v) is 7.49. The Morgan fingerprint density at radius 3 is 2.57 bits per heavy atom. The van der Waals surface area contributed by atoms with E-state index < -0.39 is 10.0 Å². The third kappa shape index (κ3) is 6.38. The van der Waals surface area contributed by atoms with Crippen LogP contribution in [0.3, 0.4) is 0 Å². The van der Waals surface area contributed by atoms with Gasteiger partial charge in [0.05, 0.1) is 18.0 Å². The van der Waals surface area contributed by atoms with Crippen LogP contribution in [0.15, 0.2) is 24.3 Å². The number of benzene rings is 1. The molecule has 0 bridgehead atoms. The van der Waals surface area contributed by atoms with Gasteiger partial charge in [0.2, 0.25) is 10.0 Å². The monoisotopic (exact) mass is 313 g/mol. The lowest BCUT2D eigenvalue weighted by Crippen LogP contribution is -2.25. The number of hydrogen-bond acceptors (Lipinski definition) is 3. The van der Waals surface area contributed by atoms with Gasteiger partial charge in [-0.1, -0.05) is 45.1 Å². The van der Waals surface area contributed by atoms with Gasteiger partial charge in [0.25, 0.3) is 0 Å². The lowest BCUT2D eigenvalue weighted by molar-refractivity contribution is 0.415. The zero-order valence-electron chi connectivity index (χ0n) is 13.3. The molecule has 1 N–H and O–H groups in total. The molecule has 0 aliphatic rings. The normalized spacial score (nSPS) is 12.9. The topological polar surface area (TPSA) is 55.4 Å². The fourth-order valence-corrected chi connectivity index (χ4v) is 3.28. The van der Waals surface area contributed by atoms with Gasteiger partial charge < -0.3 is 4.74 Å². The molecule has 1 aromatic rings. The molecule has 0 saturated heterocycles. The van der Waals surface area contributed by atoms with Gasteiger partial charge in [0.1, 0.15) is 5.75 Å². The first-order valence-corrected chi connectivity index (χ1v) is 9.20. The highest BCUT2D eigenvalue weighted by atomic mass is 32.2. The van der Waals surface area contributed by atoms with E-state index in [0.29, 0.717) is 17.9 Å². The minimum absolute atomic E-state index is 0.384. The standard InChI is InChI=1S/C16H27NO3S/c1-4-5-6-7-8-10-14(2)21(18,19)17-15-11-9-12-16(13-15)20-3/h9,11-14,17H,4-8,10H2,1-3H3. The molecule has 4 nitrogen and oxygen atoms in total. The number of hydrogen-bond donors (Lipinski definition) is 1. The highest BCUT2D eigenvalue weighted by Gasteiger charge is 2.20. The zero-order chi connectivity index (χ0) is 15.7. The molecule has 120 valence electrons. The maximum Gasteiger partial charge on any atom is 0.235 e. The summed E-state index contributed by atoms with van der Waals surface area (Å²) in [5, 5.41) is -0.384. The summed E-state index contributed by atoms with van der Waals surface area (Å²) in [6.45, 7) is 3.94. The summed E-state index contributed by atoms with van der Waals surface area (Å²) in [4.78, 5) is 0. The van der Waals surface area contributed by atoms with Crippen LogP contribution in [0.2, 0.25) is 0 Å². The van der Waals surface area contributed by atoms with Gasteiger partial charge in [-0.2, -0.15) is 0 Å². The Morgan fingerprint density at radius 2 is 1.90 bits per heavy atom. The highest BCUT2D eigenvalue weighted by molar-refractivity contribution is 7.93. The SMILES string of the molecule is CCCCCCCC(C)S(=O)(=O)Nc1cccc(OC)c1. The summed E-state index contributed by atoms with van der Waals surface area (Å²) in [5.74, 6) is 0.641. The molecule has 0 aliphatic carbocycles. The number of rotatable bonds is 10. The van der Waals surface area contributed by atoms with Gasteiger partial charge in [-0.15, -0.1) is 0 Å². The Labute approximate surface area is 129 Å². The van der Waals surface area contributed by atoms with Crippen LogP contribution < -0.4 is 9.46 Å². The van der Waals surface area contributed by atoms with Crippen LogP contribution in [0.1, 0.15) is 52.4 Å². The molecule has 0 saturated carbocycles. The van der Waals surface area contributed by atoms with Gasteiger partial charge in [-0.3, -0.25) is 4.72 Å². The molecule has 1 atom stereocenters. The lowest BCUT2D eigenvalue weighted by atomic mass is 10.1. The molecule has 0 aromatic heterocycles. The smallest absolute Gasteiger partial charge is 0.235 e. The van der Waals surface area contributed by atoms with Gasteiger partial charge in [-0.05, 0) is 25.5 Å². The molecule has 0 heterocycles. The van der Waals surface area contributed by atoms with Gasteiger partial charge in [0.15, 0.2) is 0 Å². The van der Waals surface area contributed by atoms with Crippen molar-refractivity contribution >= 4 is 15.7 Å². The average Bonchev–Trinajstić information content (AvgIpc) is 2.46. The summed E-state index contributed by atoms with van der Waals surface area (Å²) in [7, 11) is -1.77. The van der Waals surface area contributed by atoms with Crippen molar-refractivity contribution in [2.45, 2.75) is 57.6 Å². The van der Waals surface area contributed by atoms with E-state index in [1.54, 1.807) is 38.3 Å². The Hall–Kier alpha value is -1.23. The second kappa shape index (κ2) is 8.93. The summed E-state index contributed by atoms with van der Waals surface area (Å²) >= 11 is 0. The van der Waals surface area contributed by atoms with E-state index in [4.69, 9.17) is 4.74 Å². The molecule has 0 radical (unpaired) electrons. The third-order valence-corrected chi connectivity index (χ3v) is 5.39. The molecule has 1 rings (SSSR count). The van der Waals surface area contributed by atoms with Crippen molar-refractivity contribution in [2.75, 3.05) is 11.8 Å². The molecule has 0 spiro atoms. The fourth-order valence-electron chi connectivity index (χ4n) is 2.14. The second-order valence-electron chi connectivity index (χ2n) is 5.39. The van der Waals surface area contributed by atoms with Gasteiger partial charge in [0, 0.05) is 6.07 Å². The van der Waals surface area contributed by atoms with Gasteiger partial charge in [-0.25, -0.2) is 8.42 Å². The minimum atomic E-state index is -3.34. The summed E-state index contributed by atoms with van der Waals surface area (Å²) < 4.78 is 32.3. The maximum absolute atomic E-state index is 12.3. The minimum Gasteiger partial charge on any atom is -0.497 e. The first-order valence-electron chi connectivity index (χ1n) is 7.65. The van der Waals surface area contributed by atoms with E-state index in [2.05, 4.69) is 11.6 Å². The third-order valence-electron chi connectivity index (χ3n) is 3.57. The number of methoxy groups -OCH3 is 1. The van der Waals surface area contributed by atoms with Crippen LogP contribution in [0.5, 0.6) is 5.75 Å². The predicted octanol–water partition coefficient (Wildman–Crippen LogP) is 4.19. The largest absolute Gasteiger partial charge is 0.497 e. The number of nitrogens with one attached hydrogen (secondary N) is 1. The number of unbranched alkanes of at least 4 members (excludes halogenated alkanes) is 4. The Kier molecular flexibility index (Phi) is 7.57. The maximum atomic E-state index is 12.3. The van der Waals surface area contributed by atoms with E-state index in [9.17, 15) is 8.42 Å². The Morgan fingerprint density at radius 1 is 1.19 bits per heavy atom. The van der Waals surface area contributed by atoms with Crippen molar-refractivity contribution in [1.82, 2.24) is 0 Å². The zero-order valence-corrected chi connectivity index (χ0v) is 14.1. The lowest BCUT2D eigenvalue weighted by Gasteiger charge is -2.15. The molecule has 1 aromatic carbocycles. The number of anilines is 1. The van der Waals surface area contributed by atoms with Crippen LogP contribution in [0, 0.1) is 0 Å². The molecule has 5 heteroatoms. The number of sulfonamides is 1. The van der Waals surface area contributed by atoms with Crippen molar-refractivity contribution in [3.8, 4) is 5.75 Å². The van der Waals surface area contributed by atoms with E-state index in [-0.39, 0.29) is 5.25 Å². The van der Waals surface area contributed by atoms with Crippen molar-refractivity contribution < 1.29 is 13.2 Å². The molecule has 0 amide bonds. The Balaban J connectivity index is 2.51. The van der Waals surface area contributed by atoms with Crippen LogP contribution in [0.25, 0.3) is 0 Å². The quantitative estimate of drug-likeness (QED) is 0.659. The van der Waals surface area contributed by atoms with Crippen LogP contribution in [-0.2, 0) is 10.0 Å². The van der Waals surface area contributed by atoms with Crippen LogP contribution in [0.4, 0.5) is 5.69 Å². The summed E-state index contributed by atoms with van der Waals surface area (Å²) in [6, 6.07) is 6.97. The average molecular weight is 313 g/mol. The van der Waals surface area contributed by atoms with E-state index in [1.807, 2.05) is 0 Å². The van der Waals surface area contributed by atoms with Crippen molar-refractivity contribution in [3.05, 3.63) is 24.3 Å². The summed E-state index contributed by atoms with van der Waals surface area (Å²) in [6.07, 6.45) is 6.37. The van der Waals surface area contributed by atoms with Gasteiger partial charge >= 0.3 is 0 Å². The molecule has 21 heavy (non-hydrogen) atoms. The predicted molar refractivity (Wildman–Crippen MR) is 88.4 cm³/mol. The van der Waals surface area contributed by atoms with Crippen molar-refractivity contribution in [3.63, 3.8) is 0 Å². The van der Waals surface area contributed by atoms with E-state index in [1.165, 1.54) is 19.3 Å². The molecule has 0 fully saturated rings. The number of ether oxygens (including phenoxy) is 1. The van der Waals surface area contributed by atoms with Crippen LogP contribution in [-0.4, -0.2) is 20.8 Å². The van der Waals surface area contributed by atoms with E-state index >= 15 is 0 Å². The van der Waals surface area contributed by atoms with Crippen molar-refractivity contribution in [1.29, 1.82) is 0 Å². The molecular weight excluding hydrogens is 286 g/mol. The van der Waals surface area contributed by atoms with E-state index in [0.717, 1.165) is 12.8 Å². The van der Waals surface area contributed by atoms with Crippen LogP contribution >= 0.6 is 0 Å². The fraction of sp³-hybridized carbons (Fsp3) is 0.625. The van der Waals surface area contributed by atoms with Crippen molar-refractivity contribution in [2.24, 2.45) is 0 Å². The first kappa shape index (κ1) is 17.8. The molecule has 0 aliphatic heterocycles. The Bertz CT molecular complexity index is 514.